The van der Waals surface area contributed by atoms with Gasteiger partial charge in [0.05, 0.1) is 12.9 Å². The van der Waals surface area contributed by atoms with Gasteiger partial charge in [-0.3, -0.25) is 0 Å². The normalized spacial score (nSPS) is 30.4. The van der Waals surface area contributed by atoms with Crippen LogP contribution >= 0.6 is 0 Å². The molecule has 0 saturated heterocycles. The smallest absolute Gasteiger partial charge is 0.192 e. The number of rotatable bonds is 3. The predicted molar refractivity (Wildman–Crippen MR) is 87.2 cm³/mol. The summed E-state index contributed by atoms with van der Waals surface area (Å²) in [5.41, 5.74) is 3.00. The summed E-state index contributed by atoms with van der Waals surface area (Å²) < 4.78 is 12.2. The van der Waals surface area contributed by atoms with Gasteiger partial charge in [0, 0.05) is 5.41 Å². The maximum Gasteiger partial charge on any atom is 0.192 e. The van der Waals surface area contributed by atoms with Crippen LogP contribution in [0.4, 0.5) is 0 Å². The Hall–Kier alpha value is -0.543. The van der Waals surface area contributed by atoms with Crippen LogP contribution in [0.5, 0.6) is 0 Å². The Morgan fingerprint density at radius 3 is 2.65 bits per heavy atom. The second-order valence-corrected chi connectivity index (χ2v) is 12.9. The van der Waals surface area contributed by atoms with Gasteiger partial charge in [-0.2, -0.15) is 0 Å². The van der Waals surface area contributed by atoms with Gasteiger partial charge in [0.15, 0.2) is 8.32 Å². The van der Waals surface area contributed by atoms with Crippen LogP contribution in [0.2, 0.25) is 18.1 Å². The Morgan fingerprint density at radius 1 is 1.40 bits per heavy atom. The molecule has 0 bridgehead atoms. The average molecular weight is 295 g/mol. The molecule has 2 aliphatic rings. The Balaban J connectivity index is 2.17. The summed E-state index contributed by atoms with van der Waals surface area (Å²) in [6, 6.07) is 0. The Morgan fingerprint density at radius 2 is 2.05 bits per heavy atom. The summed E-state index contributed by atoms with van der Waals surface area (Å²) in [4.78, 5) is 0. The molecule has 0 unspecified atom stereocenters. The van der Waals surface area contributed by atoms with E-state index in [1.807, 2.05) is 6.26 Å². The molecular weight excluding hydrogens is 264 g/mol. The minimum atomic E-state index is -1.69. The first kappa shape index (κ1) is 15.8. The maximum atomic E-state index is 6.47. The van der Waals surface area contributed by atoms with Crippen LogP contribution in [0.3, 0.4) is 0 Å². The predicted octanol–water partition coefficient (Wildman–Crippen LogP) is 5.04. The molecule has 0 aromatic rings. The Bertz CT molecular complexity index is 442. The van der Waals surface area contributed by atoms with Crippen molar-refractivity contribution in [2.45, 2.75) is 71.7 Å². The van der Waals surface area contributed by atoms with Crippen molar-refractivity contribution in [2.24, 2.45) is 5.41 Å². The molecule has 0 spiro atoms. The maximum absolute atomic E-state index is 6.47. The highest BCUT2D eigenvalue weighted by molar-refractivity contribution is 6.74. The average Bonchev–Trinajstić information content (AvgIpc) is 2.67. The molecule has 0 aromatic heterocycles. The largest absolute Gasteiger partial charge is 0.497 e. The topological polar surface area (TPSA) is 18.5 Å². The third-order valence-electron chi connectivity index (χ3n) is 5.66. The highest BCUT2D eigenvalue weighted by Gasteiger charge is 2.45. The van der Waals surface area contributed by atoms with E-state index in [0.717, 1.165) is 19.4 Å². The van der Waals surface area contributed by atoms with E-state index in [1.54, 1.807) is 0 Å². The number of allylic oxidation sites excluding steroid dienone is 1. The van der Waals surface area contributed by atoms with E-state index in [0.29, 0.717) is 6.10 Å². The van der Waals surface area contributed by atoms with Crippen LogP contribution in [0, 0.1) is 5.41 Å². The number of hydrogen-bond donors (Lipinski definition) is 0. The highest BCUT2D eigenvalue weighted by Crippen LogP contribution is 2.47. The summed E-state index contributed by atoms with van der Waals surface area (Å²) in [6.45, 7) is 16.9. The van der Waals surface area contributed by atoms with Gasteiger partial charge < -0.3 is 9.16 Å². The van der Waals surface area contributed by atoms with E-state index >= 15 is 0 Å². The molecule has 0 fully saturated rings. The first-order valence-electron chi connectivity index (χ1n) is 7.74. The van der Waals surface area contributed by atoms with E-state index in [2.05, 4.69) is 53.8 Å². The SMILES string of the molecule is CC1=C(CO[Si](C)(C)C(C)(C)C)[C@]2(C)C=CO[C@@H]2CC1. The molecule has 114 valence electrons. The lowest BCUT2D eigenvalue weighted by Crippen LogP contribution is -2.43. The first-order valence-corrected chi connectivity index (χ1v) is 10.6. The van der Waals surface area contributed by atoms with Gasteiger partial charge in [-0.15, -0.1) is 0 Å². The molecule has 0 radical (unpaired) electrons. The molecule has 0 amide bonds. The molecule has 3 heteroatoms. The molecule has 2 rings (SSSR count). The second-order valence-electron chi connectivity index (χ2n) is 8.06. The van der Waals surface area contributed by atoms with Crippen LogP contribution in [0.25, 0.3) is 0 Å². The third kappa shape index (κ3) is 2.62. The van der Waals surface area contributed by atoms with Gasteiger partial charge in [-0.05, 0) is 56.5 Å². The minimum Gasteiger partial charge on any atom is -0.497 e. The van der Waals surface area contributed by atoms with Crippen molar-refractivity contribution in [3.63, 3.8) is 0 Å². The molecule has 1 aliphatic carbocycles. The lowest BCUT2D eigenvalue weighted by molar-refractivity contribution is 0.0811. The van der Waals surface area contributed by atoms with Gasteiger partial charge in [-0.25, -0.2) is 0 Å². The quantitative estimate of drug-likeness (QED) is 0.536. The summed E-state index contributed by atoms with van der Waals surface area (Å²) in [5, 5.41) is 0.262. The van der Waals surface area contributed by atoms with Crippen molar-refractivity contribution in [3.05, 3.63) is 23.5 Å². The Kier molecular flexibility index (Phi) is 3.98. The fourth-order valence-corrected chi connectivity index (χ4v) is 3.83. The first-order chi connectivity index (χ1) is 9.08. The third-order valence-corrected chi connectivity index (χ3v) is 10.1. The van der Waals surface area contributed by atoms with Crippen molar-refractivity contribution in [3.8, 4) is 0 Å². The van der Waals surface area contributed by atoms with Gasteiger partial charge in [-0.1, -0.05) is 26.3 Å². The van der Waals surface area contributed by atoms with Gasteiger partial charge in [0.1, 0.15) is 6.10 Å². The van der Waals surface area contributed by atoms with Crippen molar-refractivity contribution in [1.82, 2.24) is 0 Å². The molecule has 0 aromatic carbocycles. The lowest BCUT2D eigenvalue weighted by Gasteiger charge is -2.41. The van der Waals surface area contributed by atoms with E-state index in [9.17, 15) is 0 Å². The van der Waals surface area contributed by atoms with Crippen molar-refractivity contribution < 1.29 is 9.16 Å². The van der Waals surface area contributed by atoms with Crippen LogP contribution in [0.15, 0.2) is 23.5 Å². The van der Waals surface area contributed by atoms with Gasteiger partial charge in [0.2, 0.25) is 0 Å². The fraction of sp³-hybridized carbons (Fsp3) is 0.765. The zero-order valence-electron chi connectivity index (χ0n) is 14.2. The fourth-order valence-electron chi connectivity index (χ4n) is 2.89. The van der Waals surface area contributed by atoms with Gasteiger partial charge >= 0.3 is 0 Å². The van der Waals surface area contributed by atoms with Crippen LogP contribution < -0.4 is 0 Å². The molecule has 1 heterocycles. The van der Waals surface area contributed by atoms with Crippen LogP contribution in [-0.4, -0.2) is 21.0 Å². The summed E-state index contributed by atoms with van der Waals surface area (Å²) >= 11 is 0. The molecule has 2 nitrogen and oxygen atoms in total. The molecule has 1 aliphatic heterocycles. The molecule has 0 saturated carbocycles. The zero-order valence-corrected chi connectivity index (χ0v) is 15.2. The summed E-state index contributed by atoms with van der Waals surface area (Å²) in [7, 11) is -1.69. The molecule has 2 atom stereocenters. The lowest BCUT2D eigenvalue weighted by atomic mass is 9.70. The molecule has 20 heavy (non-hydrogen) atoms. The second kappa shape index (κ2) is 5.02. The monoisotopic (exact) mass is 294 g/mol. The van der Waals surface area contributed by atoms with Crippen LogP contribution in [-0.2, 0) is 9.16 Å². The van der Waals surface area contributed by atoms with Crippen LogP contribution in [0.1, 0.15) is 47.5 Å². The van der Waals surface area contributed by atoms with E-state index in [4.69, 9.17) is 9.16 Å². The zero-order chi connectivity index (χ0) is 15.2. The number of fused-ring (bicyclic) bond motifs is 1. The van der Waals surface area contributed by atoms with E-state index < -0.39 is 8.32 Å². The van der Waals surface area contributed by atoms with E-state index in [1.165, 1.54) is 11.1 Å². The summed E-state index contributed by atoms with van der Waals surface area (Å²) in [5.74, 6) is 0. The highest BCUT2D eigenvalue weighted by atomic mass is 28.4. The molecular formula is C17H30O2Si. The Labute approximate surface area is 125 Å². The van der Waals surface area contributed by atoms with Gasteiger partial charge in [0.25, 0.3) is 0 Å². The minimum absolute atomic E-state index is 0.0463. The van der Waals surface area contributed by atoms with Crippen molar-refractivity contribution in [2.75, 3.05) is 6.61 Å². The standard InChI is InChI=1S/C17H30O2Si/c1-13-8-9-15-17(5,10-11-18-15)14(13)12-19-20(6,7)16(2,3)4/h10-11,15H,8-9,12H2,1-7H3/t15-,17+/m1/s1. The summed E-state index contributed by atoms with van der Waals surface area (Å²) in [6.07, 6.45) is 6.68. The number of hydrogen-bond acceptors (Lipinski definition) is 2. The molecule has 0 N–H and O–H groups in total. The van der Waals surface area contributed by atoms with Crippen molar-refractivity contribution in [1.29, 1.82) is 0 Å². The van der Waals surface area contributed by atoms with E-state index in [-0.39, 0.29) is 10.5 Å². The van der Waals surface area contributed by atoms with Crippen molar-refractivity contribution >= 4 is 8.32 Å². The number of ether oxygens (including phenoxy) is 1.